The number of aliphatic imine (C=N–C) groups is 1. The fourth-order valence-electron chi connectivity index (χ4n) is 2.37. The van der Waals surface area contributed by atoms with Crippen LogP contribution in [-0.2, 0) is 6.54 Å². The van der Waals surface area contributed by atoms with Gasteiger partial charge in [0.25, 0.3) is 0 Å². The quantitative estimate of drug-likeness (QED) is 0.488. The van der Waals surface area contributed by atoms with E-state index in [4.69, 9.17) is 15.2 Å². The summed E-state index contributed by atoms with van der Waals surface area (Å²) in [5.41, 5.74) is 7.43. The summed E-state index contributed by atoms with van der Waals surface area (Å²) in [7, 11) is 0. The Hall–Kier alpha value is -3.03. The predicted molar refractivity (Wildman–Crippen MR) is 105 cm³/mol. The van der Waals surface area contributed by atoms with Gasteiger partial charge in [0.05, 0.1) is 19.3 Å². The summed E-state index contributed by atoms with van der Waals surface area (Å²) in [6.45, 7) is 3.34. The summed E-state index contributed by atoms with van der Waals surface area (Å²) in [5.74, 6) is 1.22. The molecule has 6 nitrogen and oxygen atoms in total. The van der Waals surface area contributed by atoms with E-state index in [2.05, 4.69) is 15.0 Å². The van der Waals surface area contributed by atoms with Crippen LogP contribution in [0.2, 0.25) is 0 Å². The molecule has 152 valence electrons. The van der Waals surface area contributed by atoms with Crippen molar-refractivity contribution in [2.24, 2.45) is 10.7 Å². The molecule has 28 heavy (non-hydrogen) atoms. The Morgan fingerprint density at radius 3 is 2.39 bits per heavy atom. The number of ether oxygens (including phenoxy) is 3. The lowest BCUT2D eigenvalue weighted by atomic mass is 10.2. The largest absolute Gasteiger partial charge is 0.491 e. The Labute approximate surface area is 163 Å². The highest BCUT2D eigenvalue weighted by Gasteiger charge is 2.11. The maximum atomic E-state index is 12.5. The number of nitrogens with two attached hydrogens (primary N) is 1. The average Bonchev–Trinajstić information content (AvgIpc) is 2.63. The Kier molecular flexibility index (Phi) is 7.86. The number of nitrogens with one attached hydrogen (secondary N) is 1. The van der Waals surface area contributed by atoms with Crippen molar-refractivity contribution in [3.05, 3.63) is 48.0 Å². The van der Waals surface area contributed by atoms with Gasteiger partial charge in [0.15, 0.2) is 17.5 Å². The van der Waals surface area contributed by atoms with Crippen LogP contribution in [-0.4, -0.2) is 25.3 Å². The van der Waals surface area contributed by atoms with Crippen molar-refractivity contribution in [1.82, 2.24) is 0 Å². The normalized spacial score (nSPS) is 11.6. The van der Waals surface area contributed by atoms with Gasteiger partial charge < -0.3 is 25.3 Å². The summed E-state index contributed by atoms with van der Waals surface area (Å²) in [4.78, 5) is 4.26. The number of hydrogen-bond acceptors (Lipinski definition) is 4. The molecule has 0 unspecified atom stereocenters. The predicted octanol–water partition coefficient (Wildman–Crippen LogP) is 4.40. The van der Waals surface area contributed by atoms with Crippen molar-refractivity contribution in [2.45, 2.75) is 40.0 Å². The number of nitrogens with zero attached hydrogens (tertiary/aromatic N) is 1. The summed E-state index contributed by atoms with van der Waals surface area (Å²) in [6, 6.07) is 12.0. The van der Waals surface area contributed by atoms with E-state index in [1.54, 1.807) is 19.1 Å². The molecule has 0 aliphatic rings. The van der Waals surface area contributed by atoms with Gasteiger partial charge in [-0.15, -0.1) is 0 Å². The summed E-state index contributed by atoms with van der Waals surface area (Å²) >= 11 is 0. The van der Waals surface area contributed by atoms with E-state index >= 15 is 0 Å². The third kappa shape index (κ3) is 6.94. The first-order valence-electron chi connectivity index (χ1n) is 8.91. The Morgan fingerprint density at radius 1 is 1.07 bits per heavy atom. The maximum absolute atomic E-state index is 12.5. The molecule has 2 aromatic rings. The van der Waals surface area contributed by atoms with E-state index in [9.17, 15) is 8.78 Å². The number of rotatable bonds is 9. The summed E-state index contributed by atoms with van der Waals surface area (Å²) in [5, 5.41) is 2.99. The second kappa shape index (κ2) is 10.3. The Morgan fingerprint density at radius 2 is 1.79 bits per heavy atom. The van der Waals surface area contributed by atoms with Gasteiger partial charge in [-0.05, 0) is 62.7 Å². The molecule has 0 saturated heterocycles. The molecule has 0 spiro atoms. The molecule has 2 aromatic carbocycles. The average molecular weight is 393 g/mol. The van der Waals surface area contributed by atoms with Crippen LogP contribution in [0.15, 0.2) is 47.5 Å². The molecule has 0 heterocycles. The Bertz CT molecular complexity index is 781. The van der Waals surface area contributed by atoms with Crippen LogP contribution in [0.25, 0.3) is 0 Å². The van der Waals surface area contributed by atoms with Gasteiger partial charge in [-0.3, -0.25) is 0 Å². The Balaban J connectivity index is 2.00. The first-order valence-corrected chi connectivity index (χ1v) is 8.91. The van der Waals surface area contributed by atoms with Gasteiger partial charge in [0.2, 0.25) is 0 Å². The minimum absolute atomic E-state index is 0.0145. The van der Waals surface area contributed by atoms with Crippen LogP contribution in [0.5, 0.6) is 17.2 Å². The monoisotopic (exact) mass is 393 g/mol. The van der Waals surface area contributed by atoms with Gasteiger partial charge >= 0.3 is 6.61 Å². The number of halogens is 2. The SMILES string of the molecule is CCOc1cc(CN=C(N)Nc2ccc(OC(C)C)cc2)ccc1OC(F)F. The number of guanidine groups is 1. The molecule has 0 aliphatic heterocycles. The molecule has 2 rings (SSSR count). The lowest BCUT2D eigenvalue weighted by Gasteiger charge is -2.12. The molecule has 0 bridgehead atoms. The van der Waals surface area contributed by atoms with Crippen molar-refractivity contribution < 1.29 is 23.0 Å². The molecule has 0 saturated carbocycles. The second-order valence-corrected chi connectivity index (χ2v) is 6.11. The third-order valence-corrected chi connectivity index (χ3v) is 3.45. The van der Waals surface area contributed by atoms with Gasteiger partial charge in [-0.1, -0.05) is 6.07 Å². The number of anilines is 1. The van der Waals surface area contributed by atoms with E-state index in [0.717, 1.165) is 17.0 Å². The van der Waals surface area contributed by atoms with Crippen molar-refractivity contribution in [3.8, 4) is 17.2 Å². The zero-order chi connectivity index (χ0) is 20.5. The first kappa shape index (κ1) is 21.3. The van der Waals surface area contributed by atoms with Crippen molar-refractivity contribution in [2.75, 3.05) is 11.9 Å². The smallest absolute Gasteiger partial charge is 0.387 e. The molecule has 0 aromatic heterocycles. The minimum atomic E-state index is -2.92. The van der Waals surface area contributed by atoms with E-state index in [-0.39, 0.29) is 30.1 Å². The van der Waals surface area contributed by atoms with E-state index < -0.39 is 6.61 Å². The third-order valence-electron chi connectivity index (χ3n) is 3.45. The first-order chi connectivity index (χ1) is 13.4. The molecule has 0 amide bonds. The number of hydrogen-bond donors (Lipinski definition) is 2. The highest BCUT2D eigenvalue weighted by Crippen LogP contribution is 2.30. The number of alkyl halides is 2. The van der Waals surface area contributed by atoms with E-state index in [0.29, 0.717) is 6.61 Å². The van der Waals surface area contributed by atoms with Crippen molar-refractivity contribution >= 4 is 11.6 Å². The zero-order valence-corrected chi connectivity index (χ0v) is 16.1. The lowest BCUT2D eigenvalue weighted by Crippen LogP contribution is -2.22. The molecule has 0 atom stereocenters. The van der Waals surface area contributed by atoms with Crippen molar-refractivity contribution in [1.29, 1.82) is 0 Å². The van der Waals surface area contributed by atoms with Crippen LogP contribution in [0.1, 0.15) is 26.3 Å². The van der Waals surface area contributed by atoms with Gasteiger partial charge in [0.1, 0.15) is 5.75 Å². The van der Waals surface area contributed by atoms with Crippen LogP contribution in [0.3, 0.4) is 0 Å². The highest BCUT2D eigenvalue weighted by atomic mass is 19.3. The number of benzene rings is 2. The molecule has 0 radical (unpaired) electrons. The second-order valence-electron chi connectivity index (χ2n) is 6.11. The van der Waals surface area contributed by atoms with Crippen LogP contribution >= 0.6 is 0 Å². The molecule has 0 aliphatic carbocycles. The van der Waals surface area contributed by atoms with Crippen molar-refractivity contribution in [3.63, 3.8) is 0 Å². The van der Waals surface area contributed by atoms with Gasteiger partial charge in [-0.25, -0.2) is 4.99 Å². The van der Waals surface area contributed by atoms with E-state index in [1.807, 2.05) is 38.1 Å². The molecular weight excluding hydrogens is 368 g/mol. The molecular formula is C20H25F2N3O3. The van der Waals surface area contributed by atoms with Crippen LogP contribution < -0.4 is 25.3 Å². The minimum Gasteiger partial charge on any atom is -0.491 e. The lowest BCUT2D eigenvalue weighted by molar-refractivity contribution is -0.0514. The van der Waals surface area contributed by atoms with Gasteiger partial charge in [0, 0.05) is 5.69 Å². The fraction of sp³-hybridized carbons (Fsp3) is 0.350. The van der Waals surface area contributed by atoms with E-state index in [1.165, 1.54) is 6.07 Å². The topological polar surface area (TPSA) is 78.1 Å². The van der Waals surface area contributed by atoms with Gasteiger partial charge in [-0.2, -0.15) is 8.78 Å². The maximum Gasteiger partial charge on any atom is 0.387 e. The molecule has 0 fully saturated rings. The standard InChI is InChI=1S/C20H25F2N3O3/c1-4-26-18-11-14(5-10-17(18)28-19(21)22)12-24-20(23)25-15-6-8-16(9-7-15)27-13(2)3/h5-11,13,19H,4,12H2,1-3H3,(H3,23,24,25). The van der Waals surface area contributed by atoms with Crippen LogP contribution in [0.4, 0.5) is 14.5 Å². The molecule has 8 heteroatoms. The summed E-state index contributed by atoms with van der Waals surface area (Å²) in [6.07, 6.45) is 0.101. The fourth-order valence-corrected chi connectivity index (χ4v) is 2.37. The zero-order valence-electron chi connectivity index (χ0n) is 16.1. The van der Waals surface area contributed by atoms with Crippen LogP contribution in [0, 0.1) is 0 Å². The summed E-state index contributed by atoms with van der Waals surface area (Å²) < 4.78 is 40.3. The molecule has 3 N–H and O–H groups in total. The highest BCUT2D eigenvalue weighted by molar-refractivity contribution is 5.92.